The van der Waals surface area contributed by atoms with Crippen molar-refractivity contribution in [3.8, 4) is 0 Å². The molecule has 5 heteroatoms. The van der Waals surface area contributed by atoms with Crippen molar-refractivity contribution in [2.45, 2.75) is 20.8 Å². The fraction of sp³-hybridized carbons (Fsp3) is 0.167. The van der Waals surface area contributed by atoms with Crippen LogP contribution in [0.1, 0.15) is 44.3 Å². The van der Waals surface area contributed by atoms with Crippen LogP contribution in [-0.2, 0) is 9.09 Å². The molecule has 0 bridgehead atoms. The quantitative estimate of drug-likeness (QED) is 0.394. The Morgan fingerprint density at radius 1 is 0.862 bits per heavy atom. The second-order valence-electron chi connectivity index (χ2n) is 6.74. The average Bonchev–Trinajstić information content (AvgIpc) is 2.74. The number of ketones is 1. The molecular weight excluding hydrogens is 383 g/mol. The van der Waals surface area contributed by atoms with E-state index in [1.807, 2.05) is 6.07 Å². The van der Waals surface area contributed by atoms with E-state index in [1.165, 1.54) is 0 Å². The molecule has 29 heavy (non-hydrogen) atoms. The lowest BCUT2D eigenvalue weighted by Gasteiger charge is -2.20. The van der Waals surface area contributed by atoms with Gasteiger partial charge in [0.2, 0.25) is 0 Å². The fourth-order valence-electron chi connectivity index (χ4n) is 3.37. The first-order chi connectivity index (χ1) is 13.9. The molecule has 148 valence electrons. The van der Waals surface area contributed by atoms with E-state index in [4.69, 9.17) is 4.52 Å². The molecule has 1 atom stereocenters. The zero-order valence-corrected chi connectivity index (χ0v) is 17.6. The number of rotatable bonds is 7. The molecule has 3 aromatic carbocycles. The standard InChI is InChI=1S/C24H23O4P/c1-4-28-29(27,20-13-9-6-10-14-20)24(26)22-17(2)15-16-21(18(22)3)23(25)19-11-7-5-8-12-19/h5-16H,4H2,1-3H3. The first-order valence-corrected chi connectivity index (χ1v) is 11.1. The van der Waals surface area contributed by atoms with Gasteiger partial charge < -0.3 is 4.52 Å². The van der Waals surface area contributed by atoms with Gasteiger partial charge in [-0.05, 0) is 44.0 Å². The molecule has 0 radical (unpaired) electrons. The molecule has 0 saturated carbocycles. The summed E-state index contributed by atoms with van der Waals surface area (Å²) in [6.07, 6.45) is 0. The highest BCUT2D eigenvalue weighted by atomic mass is 31.2. The Morgan fingerprint density at radius 3 is 2.03 bits per heavy atom. The number of carbonyl (C=O) groups excluding carboxylic acids is 2. The molecule has 0 aromatic heterocycles. The predicted octanol–water partition coefficient (Wildman–Crippen LogP) is 5.31. The zero-order chi connectivity index (χ0) is 21.0. The third-order valence-corrected chi connectivity index (χ3v) is 7.20. The summed E-state index contributed by atoms with van der Waals surface area (Å²) >= 11 is 0. The SMILES string of the molecule is CCOP(=O)(C(=O)c1c(C)ccc(C(=O)c2ccccc2)c1C)c1ccccc1. The molecule has 3 aromatic rings. The Kier molecular flexibility index (Phi) is 6.26. The van der Waals surface area contributed by atoms with E-state index in [1.54, 1.807) is 87.5 Å². The van der Waals surface area contributed by atoms with Gasteiger partial charge in [-0.25, -0.2) is 0 Å². The zero-order valence-electron chi connectivity index (χ0n) is 16.7. The number of hydrogen-bond acceptors (Lipinski definition) is 4. The van der Waals surface area contributed by atoms with Gasteiger partial charge in [0.1, 0.15) is 0 Å². The maximum atomic E-state index is 13.7. The summed E-state index contributed by atoms with van der Waals surface area (Å²) in [5.74, 6) is -0.178. The van der Waals surface area contributed by atoms with Crippen LogP contribution in [0.5, 0.6) is 0 Å². The normalized spacial score (nSPS) is 12.9. The molecule has 0 amide bonds. The molecule has 3 rings (SSSR count). The number of hydrogen-bond donors (Lipinski definition) is 0. The monoisotopic (exact) mass is 406 g/mol. The minimum Gasteiger partial charge on any atom is -0.320 e. The summed E-state index contributed by atoms with van der Waals surface area (Å²) in [5.41, 5.74) is 1.83. The smallest absolute Gasteiger partial charge is 0.300 e. The largest absolute Gasteiger partial charge is 0.320 e. The van der Waals surface area contributed by atoms with Crippen molar-refractivity contribution in [1.29, 1.82) is 0 Å². The summed E-state index contributed by atoms with van der Waals surface area (Å²) in [6.45, 7) is 5.34. The van der Waals surface area contributed by atoms with Crippen LogP contribution < -0.4 is 5.30 Å². The van der Waals surface area contributed by atoms with Crippen LogP contribution in [0.2, 0.25) is 0 Å². The molecule has 1 unspecified atom stereocenters. The molecule has 0 aliphatic rings. The Morgan fingerprint density at radius 2 is 1.45 bits per heavy atom. The van der Waals surface area contributed by atoms with Crippen LogP contribution in [0.4, 0.5) is 0 Å². The van der Waals surface area contributed by atoms with Gasteiger partial charge in [-0.15, -0.1) is 0 Å². The topological polar surface area (TPSA) is 60.4 Å². The Hall–Kier alpha value is -2.81. The van der Waals surface area contributed by atoms with Crippen LogP contribution in [0, 0.1) is 13.8 Å². The third kappa shape index (κ3) is 4.00. The number of carbonyl (C=O) groups is 2. The second kappa shape index (κ2) is 8.69. The molecule has 0 spiro atoms. The van der Waals surface area contributed by atoms with Gasteiger partial charge in [-0.1, -0.05) is 60.7 Å². The van der Waals surface area contributed by atoms with Crippen LogP contribution in [0.3, 0.4) is 0 Å². The highest BCUT2D eigenvalue weighted by molar-refractivity contribution is 7.83. The van der Waals surface area contributed by atoms with Crippen LogP contribution >= 0.6 is 7.37 Å². The minimum absolute atomic E-state index is 0.138. The van der Waals surface area contributed by atoms with Gasteiger partial charge >= 0.3 is 7.37 Å². The molecule has 0 aliphatic heterocycles. The summed E-state index contributed by atoms with van der Waals surface area (Å²) in [6, 6.07) is 20.8. The summed E-state index contributed by atoms with van der Waals surface area (Å²) in [5, 5.41) is 0.352. The maximum Gasteiger partial charge on any atom is 0.300 e. The molecule has 4 nitrogen and oxygen atoms in total. The number of benzene rings is 3. The fourth-order valence-corrected chi connectivity index (χ4v) is 5.44. The van der Waals surface area contributed by atoms with Crippen molar-refractivity contribution in [2.24, 2.45) is 0 Å². The first-order valence-electron chi connectivity index (χ1n) is 9.45. The van der Waals surface area contributed by atoms with Crippen LogP contribution in [-0.4, -0.2) is 17.9 Å². The minimum atomic E-state index is -3.81. The maximum absolute atomic E-state index is 13.7. The lowest BCUT2D eigenvalue weighted by atomic mass is 9.93. The summed E-state index contributed by atoms with van der Waals surface area (Å²) in [7, 11) is -3.81. The van der Waals surface area contributed by atoms with Crippen LogP contribution in [0.15, 0.2) is 72.8 Å². The van der Waals surface area contributed by atoms with E-state index in [9.17, 15) is 14.2 Å². The second-order valence-corrected chi connectivity index (χ2v) is 9.02. The molecular formula is C24H23O4P. The van der Waals surface area contributed by atoms with Gasteiger partial charge in [0.15, 0.2) is 5.78 Å². The Bertz CT molecular complexity index is 1090. The van der Waals surface area contributed by atoms with E-state index >= 15 is 0 Å². The van der Waals surface area contributed by atoms with Gasteiger partial charge in [-0.3, -0.25) is 14.2 Å². The van der Waals surface area contributed by atoms with E-state index in [0.717, 1.165) is 0 Å². The van der Waals surface area contributed by atoms with Gasteiger partial charge in [0.25, 0.3) is 5.52 Å². The van der Waals surface area contributed by atoms with Crippen molar-refractivity contribution in [1.82, 2.24) is 0 Å². The van der Waals surface area contributed by atoms with Gasteiger partial charge in [-0.2, -0.15) is 0 Å². The van der Waals surface area contributed by atoms with E-state index in [-0.39, 0.29) is 18.0 Å². The van der Waals surface area contributed by atoms with Crippen LogP contribution in [0.25, 0.3) is 0 Å². The van der Waals surface area contributed by atoms with Crippen molar-refractivity contribution in [3.63, 3.8) is 0 Å². The van der Waals surface area contributed by atoms with E-state index in [0.29, 0.717) is 27.6 Å². The highest BCUT2D eigenvalue weighted by Gasteiger charge is 2.38. The highest BCUT2D eigenvalue weighted by Crippen LogP contribution is 2.50. The third-order valence-electron chi connectivity index (χ3n) is 4.84. The molecule has 0 saturated heterocycles. The lowest BCUT2D eigenvalue weighted by molar-refractivity contribution is 0.103. The first kappa shape index (κ1) is 20.9. The molecule has 0 aliphatic carbocycles. The van der Waals surface area contributed by atoms with Gasteiger partial charge in [0, 0.05) is 22.0 Å². The van der Waals surface area contributed by atoms with E-state index < -0.39 is 12.9 Å². The summed E-state index contributed by atoms with van der Waals surface area (Å²) < 4.78 is 19.3. The predicted molar refractivity (Wildman–Crippen MR) is 115 cm³/mol. The molecule has 0 heterocycles. The summed E-state index contributed by atoms with van der Waals surface area (Å²) in [4.78, 5) is 26.5. The Labute approximate surface area is 171 Å². The van der Waals surface area contributed by atoms with Gasteiger partial charge in [0.05, 0.1) is 6.61 Å². The number of aryl methyl sites for hydroxylation is 1. The van der Waals surface area contributed by atoms with Crippen molar-refractivity contribution in [2.75, 3.05) is 6.61 Å². The van der Waals surface area contributed by atoms with Crippen molar-refractivity contribution >= 4 is 24.0 Å². The average molecular weight is 406 g/mol. The van der Waals surface area contributed by atoms with Crippen molar-refractivity contribution in [3.05, 3.63) is 101 Å². The molecule has 0 N–H and O–H groups in total. The van der Waals surface area contributed by atoms with Crippen molar-refractivity contribution < 1.29 is 18.7 Å². The lowest BCUT2D eigenvalue weighted by Crippen LogP contribution is -2.18. The molecule has 0 fully saturated rings. The Balaban J connectivity index is 2.14. The van der Waals surface area contributed by atoms with E-state index in [2.05, 4.69) is 0 Å².